The van der Waals surface area contributed by atoms with Crippen molar-refractivity contribution < 1.29 is 14.3 Å². The van der Waals surface area contributed by atoms with E-state index in [1.165, 1.54) is 82.6 Å². The van der Waals surface area contributed by atoms with Crippen molar-refractivity contribution in [3.05, 3.63) is 65.2 Å². The average Bonchev–Trinajstić information content (AvgIpc) is 2.96. The fraction of sp³-hybridized carbons (Fsp3) is 0.639. The van der Waals surface area contributed by atoms with Crippen LogP contribution in [0.4, 0.5) is 0 Å². The molecule has 2 rings (SSSR count). The lowest BCUT2D eigenvalue weighted by molar-refractivity contribution is 0.0626. The molecule has 0 saturated carbocycles. The summed E-state index contributed by atoms with van der Waals surface area (Å²) < 4.78 is 12.0. The molecule has 3 nitrogen and oxygen atoms in total. The molecule has 0 radical (unpaired) electrons. The normalized spacial score (nSPS) is 12.8. The SMILES string of the molecule is CCCCCCCCCOC(C)c1ccc(C(=O)Oc2ccccc2C(CCC)CCCCCCCC)cc1. The van der Waals surface area contributed by atoms with E-state index >= 15 is 0 Å². The smallest absolute Gasteiger partial charge is 0.343 e. The second kappa shape index (κ2) is 20.7. The highest BCUT2D eigenvalue weighted by molar-refractivity contribution is 5.91. The van der Waals surface area contributed by atoms with Gasteiger partial charge in [0.2, 0.25) is 0 Å². The van der Waals surface area contributed by atoms with Crippen LogP contribution in [0.1, 0.15) is 164 Å². The molecule has 0 saturated heterocycles. The maximum atomic E-state index is 13.1. The van der Waals surface area contributed by atoms with Gasteiger partial charge in [0.25, 0.3) is 0 Å². The van der Waals surface area contributed by atoms with Gasteiger partial charge in [0.05, 0.1) is 11.7 Å². The standard InChI is InChI=1S/C36H56O3/c1-5-8-10-12-14-16-20-29-38-30(4)31-25-27-33(28-26-31)36(37)39-35-24-19-18-23-34(35)32(21-7-3)22-17-15-13-11-9-6-2/h18-19,23-28,30,32H,5-17,20-22,29H2,1-4H3. The number of hydrogen-bond donors (Lipinski definition) is 0. The summed E-state index contributed by atoms with van der Waals surface area (Å²) in [6.07, 6.45) is 20.2. The minimum Gasteiger partial charge on any atom is -0.423 e. The Morgan fingerprint density at radius 3 is 1.90 bits per heavy atom. The molecular formula is C36H56O3. The van der Waals surface area contributed by atoms with Crippen LogP contribution in [0.5, 0.6) is 5.75 Å². The van der Waals surface area contributed by atoms with Crippen molar-refractivity contribution in [1.82, 2.24) is 0 Å². The number of para-hydroxylation sites is 1. The van der Waals surface area contributed by atoms with E-state index in [9.17, 15) is 4.79 Å². The Bertz CT molecular complexity index is 888. The summed E-state index contributed by atoms with van der Waals surface area (Å²) in [6.45, 7) is 9.63. The third-order valence-corrected chi connectivity index (χ3v) is 7.84. The second-order valence-electron chi connectivity index (χ2n) is 11.2. The number of rotatable bonds is 22. The highest BCUT2D eigenvalue weighted by Gasteiger charge is 2.18. The average molecular weight is 537 g/mol. The number of benzene rings is 2. The molecule has 0 aliphatic carbocycles. The summed E-state index contributed by atoms with van der Waals surface area (Å²) in [5, 5.41) is 0. The lowest BCUT2D eigenvalue weighted by Gasteiger charge is -2.20. The predicted octanol–water partition coefficient (Wildman–Crippen LogP) is 11.4. The number of esters is 1. The molecule has 0 bridgehead atoms. The van der Waals surface area contributed by atoms with E-state index in [2.05, 4.69) is 39.8 Å². The number of hydrogen-bond acceptors (Lipinski definition) is 3. The van der Waals surface area contributed by atoms with E-state index in [-0.39, 0.29) is 12.1 Å². The molecule has 0 N–H and O–H groups in total. The van der Waals surface area contributed by atoms with E-state index in [0.717, 1.165) is 37.9 Å². The minimum atomic E-state index is -0.291. The third-order valence-electron chi connectivity index (χ3n) is 7.84. The largest absolute Gasteiger partial charge is 0.423 e. The first-order valence-corrected chi connectivity index (χ1v) is 16.1. The second-order valence-corrected chi connectivity index (χ2v) is 11.2. The van der Waals surface area contributed by atoms with Gasteiger partial charge in [-0.25, -0.2) is 4.79 Å². The Kier molecular flexibility index (Phi) is 17.6. The van der Waals surface area contributed by atoms with Crippen LogP contribution < -0.4 is 4.74 Å². The van der Waals surface area contributed by atoms with Crippen LogP contribution in [0.2, 0.25) is 0 Å². The highest BCUT2D eigenvalue weighted by atomic mass is 16.5. The molecular weight excluding hydrogens is 480 g/mol. The van der Waals surface area contributed by atoms with Gasteiger partial charge in [-0.1, -0.05) is 135 Å². The molecule has 0 aliphatic rings. The molecule has 2 aromatic rings. The van der Waals surface area contributed by atoms with Crippen LogP contribution in [-0.4, -0.2) is 12.6 Å². The van der Waals surface area contributed by atoms with E-state index < -0.39 is 0 Å². The summed E-state index contributed by atoms with van der Waals surface area (Å²) in [5.74, 6) is 0.852. The van der Waals surface area contributed by atoms with Crippen molar-refractivity contribution in [3.63, 3.8) is 0 Å². The summed E-state index contributed by atoms with van der Waals surface area (Å²) in [5.41, 5.74) is 2.85. The van der Waals surface area contributed by atoms with Crippen molar-refractivity contribution in [2.45, 2.75) is 142 Å². The minimum absolute atomic E-state index is 0.0210. The highest BCUT2D eigenvalue weighted by Crippen LogP contribution is 2.34. The van der Waals surface area contributed by atoms with Gasteiger partial charge in [-0.2, -0.15) is 0 Å². The van der Waals surface area contributed by atoms with Crippen LogP contribution in [0.15, 0.2) is 48.5 Å². The van der Waals surface area contributed by atoms with Crippen LogP contribution in [-0.2, 0) is 4.74 Å². The maximum Gasteiger partial charge on any atom is 0.343 e. The van der Waals surface area contributed by atoms with Crippen molar-refractivity contribution in [1.29, 1.82) is 0 Å². The summed E-state index contributed by atoms with van der Waals surface area (Å²) >= 11 is 0. The molecule has 2 atom stereocenters. The number of carbonyl (C=O) groups is 1. The Balaban J connectivity index is 1.87. The van der Waals surface area contributed by atoms with E-state index in [1.54, 1.807) is 0 Å². The van der Waals surface area contributed by atoms with Crippen molar-refractivity contribution in [3.8, 4) is 5.75 Å². The van der Waals surface area contributed by atoms with Crippen LogP contribution >= 0.6 is 0 Å². The zero-order valence-corrected chi connectivity index (χ0v) is 25.5. The van der Waals surface area contributed by atoms with Gasteiger partial charge in [0, 0.05) is 6.61 Å². The number of unbranched alkanes of at least 4 members (excludes halogenated alkanes) is 11. The molecule has 0 aromatic heterocycles. The van der Waals surface area contributed by atoms with Gasteiger partial charge in [0.15, 0.2) is 0 Å². The molecule has 0 heterocycles. The van der Waals surface area contributed by atoms with Gasteiger partial charge in [0.1, 0.15) is 5.75 Å². The van der Waals surface area contributed by atoms with Gasteiger partial charge >= 0.3 is 5.97 Å². The monoisotopic (exact) mass is 536 g/mol. The molecule has 39 heavy (non-hydrogen) atoms. The van der Waals surface area contributed by atoms with Gasteiger partial charge < -0.3 is 9.47 Å². The maximum absolute atomic E-state index is 13.1. The Morgan fingerprint density at radius 2 is 1.26 bits per heavy atom. The molecule has 2 aromatic carbocycles. The quantitative estimate of drug-likeness (QED) is 0.0852. The molecule has 0 amide bonds. The summed E-state index contributed by atoms with van der Waals surface area (Å²) in [7, 11) is 0. The Labute approximate surface area is 240 Å². The number of ether oxygens (including phenoxy) is 2. The Hall–Kier alpha value is -2.13. The van der Waals surface area contributed by atoms with Crippen molar-refractivity contribution in [2.24, 2.45) is 0 Å². The summed E-state index contributed by atoms with van der Waals surface area (Å²) in [4.78, 5) is 13.1. The van der Waals surface area contributed by atoms with Gasteiger partial charge in [-0.15, -0.1) is 0 Å². The first-order chi connectivity index (χ1) is 19.1. The first-order valence-electron chi connectivity index (χ1n) is 16.1. The van der Waals surface area contributed by atoms with Gasteiger partial charge in [-0.3, -0.25) is 0 Å². The van der Waals surface area contributed by atoms with Crippen molar-refractivity contribution in [2.75, 3.05) is 6.61 Å². The first kappa shape index (κ1) is 33.1. The van der Waals surface area contributed by atoms with Gasteiger partial charge in [-0.05, 0) is 61.4 Å². The van der Waals surface area contributed by atoms with Crippen molar-refractivity contribution >= 4 is 5.97 Å². The van der Waals surface area contributed by atoms with Crippen LogP contribution in [0, 0.1) is 0 Å². The van der Waals surface area contributed by atoms with Crippen LogP contribution in [0.3, 0.4) is 0 Å². The molecule has 218 valence electrons. The molecule has 0 spiro atoms. The predicted molar refractivity (Wildman–Crippen MR) is 166 cm³/mol. The fourth-order valence-electron chi connectivity index (χ4n) is 5.35. The molecule has 0 aliphatic heterocycles. The van der Waals surface area contributed by atoms with E-state index in [0.29, 0.717) is 17.2 Å². The molecule has 3 heteroatoms. The summed E-state index contributed by atoms with van der Waals surface area (Å²) in [6, 6.07) is 15.9. The van der Waals surface area contributed by atoms with E-state index in [1.807, 2.05) is 36.4 Å². The van der Waals surface area contributed by atoms with E-state index in [4.69, 9.17) is 9.47 Å². The third kappa shape index (κ3) is 13.2. The lowest BCUT2D eigenvalue weighted by atomic mass is 9.88. The molecule has 2 unspecified atom stereocenters. The van der Waals surface area contributed by atoms with Crippen LogP contribution in [0.25, 0.3) is 0 Å². The zero-order valence-electron chi connectivity index (χ0n) is 25.5. The lowest BCUT2D eigenvalue weighted by Crippen LogP contribution is -2.12. The number of carbonyl (C=O) groups excluding carboxylic acids is 1. The fourth-order valence-corrected chi connectivity index (χ4v) is 5.35. The molecule has 0 fully saturated rings. The zero-order chi connectivity index (χ0) is 28.1. The topological polar surface area (TPSA) is 35.5 Å². The Morgan fingerprint density at radius 1 is 0.667 bits per heavy atom.